The smallest absolute Gasteiger partial charge is 0.191 e. The molecular weight excluding hydrogens is 427 g/mol. The van der Waals surface area contributed by atoms with E-state index >= 15 is 0 Å². The number of aromatic nitrogens is 2. The first-order chi connectivity index (χ1) is 11.8. The molecule has 1 aromatic heterocycles. The van der Waals surface area contributed by atoms with Crippen molar-refractivity contribution in [3.05, 3.63) is 18.5 Å². The third-order valence-corrected chi connectivity index (χ3v) is 4.57. The second-order valence-corrected chi connectivity index (χ2v) is 6.54. The number of rotatable bonds is 9. The highest BCUT2D eigenvalue weighted by Crippen LogP contribution is 2.15. The van der Waals surface area contributed by atoms with Gasteiger partial charge in [-0.1, -0.05) is 6.42 Å². The Bertz CT molecular complexity index is 462. The van der Waals surface area contributed by atoms with Crippen molar-refractivity contribution in [3.63, 3.8) is 0 Å². The maximum Gasteiger partial charge on any atom is 0.191 e. The minimum Gasteiger partial charge on any atom is -0.357 e. The van der Waals surface area contributed by atoms with Crippen molar-refractivity contribution in [1.29, 1.82) is 0 Å². The summed E-state index contributed by atoms with van der Waals surface area (Å²) < 4.78 is 1.95. The molecule has 2 heterocycles. The lowest BCUT2D eigenvalue weighted by Gasteiger charge is -2.33. The van der Waals surface area contributed by atoms with E-state index in [1.54, 1.807) is 0 Å². The van der Waals surface area contributed by atoms with Crippen LogP contribution >= 0.6 is 24.0 Å². The van der Waals surface area contributed by atoms with Gasteiger partial charge in [0.2, 0.25) is 0 Å². The number of piperidine rings is 1. The number of aliphatic imine (C=N–C) groups is 1. The van der Waals surface area contributed by atoms with Gasteiger partial charge in [0.15, 0.2) is 5.96 Å². The van der Waals surface area contributed by atoms with Crippen LogP contribution in [0, 0.1) is 0 Å². The van der Waals surface area contributed by atoms with Crippen molar-refractivity contribution < 1.29 is 0 Å². The summed E-state index contributed by atoms with van der Waals surface area (Å²) in [7, 11) is 0. The molecule has 1 aliphatic rings. The molecule has 0 saturated carbocycles. The van der Waals surface area contributed by atoms with Crippen molar-refractivity contribution >= 4 is 29.9 Å². The minimum absolute atomic E-state index is 0. The van der Waals surface area contributed by atoms with Gasteiger partial charge in [-0.2, -0.15) is 5.10 Å². The van der Waals surface area contributed by atoms with Gasteiger partial charge in [-0.3, -0.25) is 9.67 Å². The summed E-state index contributed by atoms with van der Waals surface area (Å²) in [5.74, 6) is 0.935. The van der Waals surface area contributed by atoms with E-state index < -0.39 is 0 Å². The number of nitrogens with one attached hydrogen (secondary N) is 2. The first kappa shape index (κ1) is 22.2. The number of halogens is 1. The zero-order valence-corrected chi connectivity index (χ0v) is 18.1. The van der Waals surface area contributed by atoms with Crippen molar-refractivity contribution in [2.75, 3.05) is 32.7 Å². The molecule has 7 heteroatoms. The number of nitrogens with zero attached hydrogens (tertiary/aromatic N) is 4. The molecule has 144 valence electrons. The van der Waals surface area contributed by atoms with E-state index in [-0.39, 0.29) is 24.0 Å². The van der Waals surface area contributed by atoms with E-state index in [1.165, 1.54) is 38.8 Å². The summed E-state index contributed by atoms with van der Waals surface area (Å²) in [5.41, 5.74) is 0. The highest BCUT2D eigenvalue weighted by Gasteiger charge is 2.16. The number of aryl methyl sites for hydroxylation is 1. The van der Waals surface area contributed by atoms with E-state index in [0.717, 1.165) is 44.6 Å². The first-order valence-corrected chi connectivity index (χ1v) is 9.53. The molecule has 0 aliphatic carbocycles. The Balaban J connectivity index is 0.00000312. The highest BCUT2D eigenvalue weighted by molar-refractivity contribution is 14.0. The second-order valence-electron chi connectivity index (χ2n) is 6.54. The number of guanidine groups is 1. The Morgan fingerprint density at radius 1 is 1.24 bits per heavy atom. The SMILES string of the molecule is CCNC(=NCCCn1cccn1)NCCCN1CCCCC1C.I. The summed E-state index contributed by atoms with van der Waals surface area (Å²) >= 11 is 0. The van der Waals surface area contributed by atoms with Crippen LogP contribution in [0.1, 0.15) is 46.0 Å². The van der Waals surface area contributed by atoms with Gasteiger partial charge in [0.05, 0.1) is 0 Å². The van der Waals surface area contributed by atoms with Crippen molar-refractivity contribution in [2.24, 2.45) is 4.99 Å². The molecule has 0 radical (unpaired) electrons. The zero-order valence-electron chi connectivity index (χ0n) is 15.8. The van der Waals surface area contributed by atoms with Gasteiger partial charge in [-0.05, 0) is 52.1 Å². The monoisotopic (exact) mass is 462 g/mol. The molecule has 1 saturated heterocycles. The fourth-order valence-corrected chi connectivity index (χ4v) is 3.18. The maximum atomic E-state index is 4.65. The topological polar surface area (TPSA) is 57.5 Å². The molecule has 2 N–H and O–H groups in total. The normalized spacial score (nSPS) is 18.6. The van der Waals surface area contributed by atoms with Crippen LogP contribution in [0.3, 0.4) is 0 Å². The fraction of sp³-hybridized carbons (Fsp3) is 0.778. The minimum atomic E-state index is 0. The lowest BCUT2D eigenvalue weighted by Crippen LogP contribution is -2.41. The van der Waals surface area contributed by atoms with Gasteiger partial charge in [-0.15, -0.1) is 24.0 Å². The van der Waals surface area contributed by atoms with Gasteiger partial charge >= 0.3 is 0 Å². The lowest BCUT2D eigenvalue weighted by atomic mass is 10.0. The third-order valence-electron chi connectivity index (χ3n) is 4.57. The van der Waals surface area contributed by atoms with Crippen LogP contribution in [-0.4, -0.2) is 59.4 Å². The predicted molar refractivity (Wildman–Crippen MR) is 116 cm³/mol. The summed E-state index contributed by atoms with van der Waals surface area (Å²) in [4.78, 5) is 7.28. The molecular formula is C18H35IN6. The summed E-state index contributed by atoms with van der Waals surface area (Å²) in [6, 6.07) is 2.71. The van der Waals surface area contributed by atoms with Gasteiger partial charge in [0, 0.05) is 51.2 Å². The van der Waals surface area contributed by atoms with Gasteiger partial charge in [0.25, 0.3) is 0 Å². The zero-order chi connectivity index (χ0) is 17.0. The fourth-order valence-electron chi connectivity index (χ4n) is 3.18. The van der Waals surface area contributed by atoms with Crippen LogP contribution < -0.4 is 10.6 Å². The maximum absolute atomic E-state index is 4.65. The van der Waals surface area contributed by atoms with E-state index in [9.17, 15) is 0 Å². The molecule has 2 rings (SSSR count). The first-order valence-electron chi connectivity index (χ1n) is 9.53. The molecule has 1 aromatic rings. The van der Waals surface area contributed by atoms with Crippen molar-refractivity contribution in [2.45, 2.75) is 58.5 Å². The average molecular weight is 462 g/mol. The van der Waals surface area contributed by atoms with E-state index in [1.807, 2.05) is 23.1 Å². The van der Waals surface area contributed by atoms with Crippen LogP contribution in [0.15, 0.2) is 23.5 Å². The second kappa shape index (κ2) is 13.4. The Morgan fingerprint density at radius 2 is 2.12 bits per heavy atom. The number of hydrogen-bond donors (Lipinski definition) is 2. The van der Waals surface area contributed by atoms with Crippen LogP contribution in [0.5, 0.6) is 0 Å². The van der Waals surface area contributed by atoms with Crippen molar-refractivity contribution in [1.82, 2.24) is 25.3 Å². The van der Waals surface area contributed by atoms with Gasteiger partial charge in [-0.25, -0.2) is 0 Å². The number of hydrogen-bond acceptors (Lipinski definition) is 3. The Kier molecular flexibility index (Phi) is 11.9. The molecule has 6 nitrogen and oxygen atoms in total. The molecule has 0 aromatic carbocycles. The molecule has 0 bridgehead atoms. The highest BCUT2D eigenvalue weighted by atomic mass is 127. The van der Waals surface area contributed by atoms with Crippen molar-refractivity contribution in [3.8, 4) is 0 Å². The van der Waals surface area contributed by atoms with Gasteiger partial charge < -0.3 is 15.5 Å². The largest absolute Gasteiger partial charge is 0.357 e. The van der Waals surface area contributed by atoms with Gasteiger partial charge in [0.1, 0.15) is 0 Å². The molecule has 0 amide bonds. The summed E-state index contributed by atoms with van der Waals surface area (Å²) in [6.07, 6.45) is 10.1. The Morgan fingerprint density at radius 3 is 2.84 bits per heavy atom. The van der Waals surface area contributed by atoms with E-state index in [2.05, 4.69) is 39.5 Å². The van der Waals surface area contributed by atoms with Crippen LogP contribution in [-0.2, 0) is 6.54 Å². The van der Waals surface area contributed by atoms with Crippen LogP contribution in [0.4, 0.5) is 0 Å². The van der Waals surface area contributed by atoms with E-state index in [0.29, 0.717) is 0 Å². The molecule has 1 atom stereocenters. The molecule has 1 aliphatic heterocycles. The molecule has 25 heavy (non-hydrogen) atoms. The third kappa shape index (κ3) is 8.89. The lowest BCUT2D eigenvalue weighted by molar-refractivity contribution is 0.159. The molecule has 0 spiro atoms. The van der Waals surface area contributed by atoms with Crippen LogP contribution in [0.25, 0.3) is 0 Å². The van der Waals surface area contributed by atoms with E-state index in [4.69, 9.17) is 0 Å². The molecule has 1 fully saturated rings. The van der Waals surface area contributed by atoms with Crippen LogP contribution in [0.2, 0.25) is 0 Å². The number of likely N-dealkylation sites (tertiary alicyclic amines) is 1. The average Bonchev–Trinajstić information content (AvgIpc) is 3.10. The standard InChI is InChI=1S/C18H34N6.HI/c1-3-19-18(21-11-7-15-24-16-8-12-22-24)20-10-6-14-23-13-5-4-9-17(23)2;/h8,12,16-17H,3-7,9-11,13-15H2,1-2H3,(H2,19,20,21);1H. The quantitative estimate of drug-likeness (QED) is 0.257. The predicted octanol–water partition coefficient (Wildman–Crippen LogP) is 2.71. The summed E-state index contributed by atoms with van der Waals surface area (Å²) in [6.45, 7) is 10.5. The molecule has 1 unspecified atom stereocenters. The Labute approximate surface area is 169 Å². The Hall–Kier alpha value is -0.830. The summed E-state index contributed by atoms with van der Waals surface area (Å²) in [5, 5.41) is 11.0.